The van der Waals surface area contributed by atoms with Gasteiger partial charge in [0.15, 0.2) is 5.78 Å². The highest BCUT2D eigenvalue weighted by molar-refractivity contribution is 6.00. The number of benzene rings is 1. The third kappa shape index (κ3) is 3.56. The fraction of sp³-hybridized carbons (Fsp3) is 0.500. The van der Waals surface area contributed by atoms with Crippen LogP contribution in [0.1, 0.15) is 38.1 Å². The van der Waals surface area contributed by atoms with Crippen LogP contribution in [0.3, 0.4) is 0 Å². The first-order valence-corrected chi connectivity index (χ1v) is 5.89. The third-order valence-electron chi connectivity index (χ3n) is 2.67. The largest absolute Gasteiger partial charge is 0.494 e. The lowest BCUT2D eigenvalue weighted by Crippen LogP contribution is -2.42. The first-order valence-electron chi connectivity index (χ1n) is 5.89. The van der Waals surface area contributed by atoms with E-state index in [1.807, 2.05) is 27.7 Å². The van der Waals surface area contributed by atoms with Gasteiger partial charge in [-0.15, -0.1) is 0 Å². The van der Waals surface area contributed by atoms with Crippen molar-refractivity contribution in [2.75, 3.05) is 6.61 Å². The normalized spacial score (nSPS) is 13.2. The molecule has 94 valence electrons. The molecule has 1 aromatic carbocycles. The van der Waals surface area contributed by atoms with Gasteiger partial charge in [0.1, 0.15) is 5.75 Å². The summed E-state index contributed by atoms with van der Waals surface area (Å²) in [5.74, 6) is 0.744. The molecule has 0 radical (unpaired) electrons. The monoisotopic (exact) mass is 235 g/mol. The van der Waals surface area contributed by atoms with Crippen molar-refractivity contribution in [1.29, 1.82) is 0 Å². The average molecular weight is 235 g/mol. The quantitative estimate of drug-likeness (QED) is 0.816. The summed E-state index contributed by atoms with van der Waals surface area (Å²) in [6, 6.07) is 6.64. The molecule has 0 heterocycles. The van der Waals surface area contributed by atoms with Gasteiger partial charge < -0.3 is 10.5 Å². The molecular weight excluding hydrogens is 214 g/mol. The van der Waals surface area contributed by atoms with Gasteiger partial charge in [-0.2, -0.15) is 0 Å². The first-order chi connectivity index (χ1) is 7.86. The SMILES string of the molecule is CCOc1ccc(C(=O)C(N)C(C)(C)C)cc1. The molecule has 0 aliphatic heterocycles. The second-order valence-corrected chi connectivity index (χ2v) is 5.17. The molecule has 1 rings (SSSR count). The van der Waals surface area contributed by atoms with Crippen LogP contribution in [0, 0.1) is 5.41 Å². The van der Waals surface area contributed by atoms with Crippen LogP contribution in [0.5, 0.6) is 5.75 Å². The predicted molar refractivity (Wildman–Crippen MR) is 69.4 cm³/mol. The van der Waals surface area contributed by atoms with Gasteiger partial charge in [-0.05, 0) is 36.6 Å². The average Bonchev–Trinajstić information content (AvgIpc) is 2.27. The number of ether oxygens (including phenoxy) is 1. The molecule has 0 saturated carbocycles. The molecule has 1 unspecified atom stereocenters. The molecule has 0 aliphatic carbocycles. The Hall–Kier alpha value is -1.35. The fourth-order valence-electron chi connectivity index (χ4n) is 1.45. The lowest BCUT2D eigenvalue weighted by Gasteiger charge is -2.25. The number of carbonyl (C=O) groups excluding carboxylic acids is 1. The molecule has 1 aromatic rings. The lowest BCUT2D eigenvalue weighted by molar-refractivity contribution is 0.0901. The van der Waals surface area contributed by atoms with Crippen molar-refractivity contribution >= 4 is 5.78 Å². The molecule has 0 bridgehead atoms. The maximum atomic E-state index is 12.1. The Labute approximate surface area is 103 Å². The first kappa shape index (κ1) is 13.7. The maximum absolute atomic E-state index is 12.1. The lowest BCUT2D eigenvalue weighted by atomic mass is 9.83. The molecule has 3 heteroatoms. The number of Topliss-reactive ketones (excluding diaryl/α,β-unsaturated/α-hetero) is 1. The second-order valence-electron chi connectivity index (χ2n) is 5.17. The van der Waals surface area contributed by atoms with Crippen molar-refractivity contribution in [1.82, 2.24) is 0 Å². The summed E-state index contributed by atoms with van der Waals surface area (Å²) in [6.45, 7) is 8.43. The van der Waals surface area contributed by atoms with Gasteiger partial charge in [-0.3, -0.25) is 4.79 Å². The minimum atomic E-state index is -0.486. The zero-order valence-corrected chi connectivity index (χ0v) is 11.0. The zero-order chi connectivity index (χ0) is 13.1. The summed E-state index contributed by atoms with van der Waals surface area (Å²) in [5.41, 5.74) is 6.35. The van der Waals surface area contributed by atoms with Gasteiger partial charge in [0.25, 0.3) is 0 Å². The molecule has 0 fully saturated rings. The van der Waals surface area contributed by atoms with Crippen LogP contribution in [0.15, 0.2) is 24.3 Å². The van der Waals surface area contributed by atoms with Gasteiger partial charge >= 0.3 is 0 Å². The highest BCUT2D eigenvalue weighted by Gasteiger charge is 2.28. The highest BCUT2D eigenvalue weighted by atomic mass is 16.5. The van der Waals surface area contributed by atoms with E-state index >= 15 is 0 Å². The van der Waals surface area contributed by atoms with E-state index in [-0.39, 0.29) is 11.2 Å². The van der Waals surface area contributed by atoms with Crippen molar-refractivity contribution in [2.24, 2.45) is 11.1 Å². The molecule has 0 aromatic heterocycles. The molecular formula is C14H21NO2. The van der Waals surface area contributed by atoms with Crippen LogP contribution in [0.4, 0.5) is 0 Å². The zero-order valence-electron chi connectivity index (χ0n) is 11.0. The van der Waals surface area contributed by atoms with Gasteiger partial charge in [-0.1, -0.05) is 20.8 Å². The number of rotatable bonds is 4. The summed E-state index contributed by atoms with van der Waals surface area (Å²) in [4.78, 5) is 12.1. The van der Waals surface area contributed by atoms with Crippen LogP contribution in [-0.2, 0) is 0 Å². The Bertz CT molecular complexity index is 376. The highest BCUT2D eigenvalue weighted by Crippen LogP contribution is 2.21. The van der Waals surface area contributed by atoms with E-state index in [4.69, 9.17) is 10.5 Å². The van der Waals surface area contributed by atoms with Crippen LogP contribution < -0.4 is 10.5 Å². The molecule has 0 amide bonds. The molecule has 3 nitrogen and oxygen atoms in total. The van der Waals surface area contributed by atoms with Crippen molar-refractivity contribution < 1.29 is 9.53 Å². The Morgan fingerprint density at radius 3 is 2.24 bits per heavy atom. The molecule has 17 heavy (non-hydrogen) atoms. The van der Waals surface area contributed by atoms with Crippen LogP contribution in [-0.4, -0.2) is 18.4 Å². The molecule has 2 N–H and O–H groups in total. The summed E-state index contributed by atoms with van der Waals surface area (Å²) in [5, 5.41) is 0. The topological polar surface area (TPSA) is 52.3 Å². The Morgan fingerprint density at radius 2 is 1.82 bits per heavy atom. The van der Waals surface area contributed by atoms with Crippen LogP contribution in [0.2, 0.25) is 0 Å². The van der Waals surface area contributed by atoms with E-state index in [2.05, 4.69) is 0 Å². The predicted octanol–water partition coefficient (Wildman–Crippen LogP) is 2.64. The number of hydrogen-bond acceptors (Lipinski definition) is 3. The van der Waals surface area contributed by atoms with Gasteiger partial charge in [0.2, 0.25) is 0 Å². The Balaban J connectivity index is 2.83. The fourth-order valence-corrected chi connectivity index (χ4v) is 1.45. The van der Waals surface area contributed by atoms with Crippen molar-refractivity contribution in [3.63, 3.8) is 0 Å². The van der Waals surface area contributed by atoms with E-state index in [0.717, 1.165) is 5.75 Å². The maximum Gasteiger partial charge on any atom is 0.180 e. The summed E-state index contributed by atoms with van der Waals surface area (Å²) in [7, 11) is 0. The van der Waals surface area contributed by atoms with Crippen LogP contribution >= 0.6 is 0 Å². The Kier molecular flexibility index (Phi) is 4.29. The van der Waals surface area contributed by atoms with Crippen LogP contribution in [0.25, 0.3) is 0 Å². The van der Waals surface area contributed by atoms with Crippen molar-refractivity contribution in [2.45, 2.75) is 33.7 Å². The van der Waals surface area contributed by atoms with Gasteiger partial charge in [0.05, 0.1) is 12.6 Å². The number of nitrogens with two attached hydrogens (primary N) is 1. The van der Waals surface area contributed by atoms with E-state index in [1.54, 1.807) is 24.3 Å². The number of carbonyl (C=O) groups is 1. The minimum Gasteiger partial charge on any atom is -0.494 e. The molecule has 0 spiro atoms. The Morgan fingerprint density at radius 1 is 1.29 bits per heavy atom. The van der Waals surface area contributed by atoms with E-state index in [9.17, 15) is 4.79 Å². The summed E-state index contributed by atoms with van der Waals surface area (Å²) < 4.78 is 5.33. The van der Waals surface area contributed by atoms with Crippen molar-refractivity contribution in [3.8, 4) is 5.75 Å². The van der Waals surface area contributed by atoms with Gasteiger partial charge in [0, 0.05) is 5.56 Å². The number of ketones is 1. The summed E-state index contributed by atoms with van der Waals surface area (Å²) >= 11 is 0. The number of hydrogen-bond donors (Lipinski definition) is 1. The third-order valence-corrected chi connectivity index (χ3v) is 2.67. The standard InChI is InChI=1S/C14H21NO2/c1-5-17-11-8-6-10(7-9-11)12(16)13(15)14(2,3)4/h6-9,13H,5,15H2,1-4H3. The van der Waals surface area contributed by atoms with E-state index in [1.165, 1.54) is 0 Å². The molecule has 0 aliphatic rings. The smallest absolute Gasteiger partial charge is 0.180 e. The van der Waals surface area contributed by atoms with Gasteiger partial charge in [-0.25, -0.2) is 0 Å². The molecule has 1 atom stereocenters. The second kappa shape index (κ2) is 5.32. The van der Waals surface area contributed by atoms with Crippen molar-refractivity contribution in [3.05, 3.63) is 29.8 Å². The molecule has 0 saturated heterocycles. The van der Waals surface area contributed by atoms with E-state index in [0.29, 0.717) is 12.2 Å². The minimum absolute atomic E-state index is 0.0273. The van der Waals surface area contributed by atoms with E-state index < -0.39 is 6.04 Å². The summed E-state index contributed by atoms with van der Waals surface area (Å²) in [6.07, 6.45) is 0.